The van der Waals surface area contributed by atoms with E-state index in [0.29, 0.717) is 17.9 Å². The van der Waals surface area contributed by atoms with Crippen molar-refractivity contribution in [2.45, 2.75) is 32.3 Å². The molecule has 0 amide bonds. The fraction of sp³-hybridized carbons (Fsp3) is 0.500. The standard InChI is InChI=1S/C16H20O5/c1-3-4-7-11(16(18)19-2)15(17)14-10-20-12-8-5-6-9-13(12)21-14/h5-6,8-9,11,14H,3-4,7,10H2,1-2H3. The number of Topliss-reactive ketones (excluding diaryl/α,β-unsaturated/α-hetero) is 1. The first kappa shape index (κ1) is 15.4. The molecule has 0 aromatic heterocycles. The molecule has 114 valence electrons. The molecule has 0 saturated heterocycles. The first-order valence-corrected chi connectivity index (χ1v) is 7.17. The number of methoxy groups -OCH3 is 1. The zero-order valence-electron chi connectivity index (χ0n) is 12.3. The Morgan fingerprint density at radius 1 is 1.33 bits per heavy atom. The summed E-state index contributed by atoms with van der Waals surface area (Å²) in [6, 6.07) is 7.17. The molecule has 21 heavy (non-hydrogen) atoms. The second kappa shape index (κ2) is 7.11. The maximum Gasteiger partial charge on any atom is 0.316 e. The van der Waals surface area contributed by atoms with E-state index in [1.807, 2.05) is 19.1 Å². The first-order chi connectivity index (χ1) is 10.2. The number of carbonyl (C=O) groups is 2. The Morgan fingerprint density at radius 3 is 2.71 bits per heavy atom. The van der Waals surface area contributed by atoms with Crippen LogP contribution in [0.2, 0.25) is 0 Å². The van der Waals surface area contributed by atoms with Crippen molar-refractivity contribution in [1.29, 1.82) is 0 Å². The fourth-order valence-corrected chi connectivity index (χ4v) is 2.31. The number of benzene rings is 1. The highest BCUT2D eigenvalue weighted by molar-refractivity contribution is 6.01. The number of para-hydroxylation sites is 2. The highest BCUT2D eigenvalue weighted by Crippen LogP contribution is 2.32. The van der Waals surface area contributed by atoms with Gasteiger partial charge in [0.15, 0.2) is 23.4 Å². The molecule has 0 bridgehead atoms. The lowest BCUT2D eigenvalue weighted by atomic mass is 9.94. The number of hydrogen-bond donors (Lipinski definition) is 0. The van der Waals surface area contributed by atoms with Crippen molar-refractivity contribution >= 4 is 11.8 Å². The number of rotatable bonds is 6. The minimum absolute atomic E-state index is 0.121. The third-order valence-electron chi connectivity index (χ3n) is 3.50. The Hall–Kier alpha value is -2.04. The van der Waals surface area contributed by atoms with Gasteiger partial charge in [-0.05, 0) is 18.6 Å². The fourth-order valence-electron chi connectivity index (χ4n) is 2.31. The summed E-state index contributed by atoms with van der Waals surface area (Å²) in [6.45, 7) is 2.13. The highest BCUT2D eigenvalue weighted by Gasteiger charge is 2.36. The van der Waals surface area contributed by atoms with Crippen LogP contribution in [0.15, 0.2) is 24.3 Å². The van der Waals surface area contributed by atoms with Crippen molar-refractivity contribution in [3.05, 3.63) is 24.3 Å². The molecule has 2 unspecified atom stereocenters. The van der Waals surface area contributed by atoms with Crippen LogP contribution in [0.3, 0.4) is 0 Å². The van der Waals surface area contributed by atoms with Crippen molar-refractivity contribution in [3.63, 3.8) is 0 Å². The molecule has 1 aromatic rings. The number of ether oxygens (including phenoxy) is 3. The minimum atomic E-state index is -0.784. The summed E-state index contributed by atoms with van der Waals surface area (Å²) in [5.41, 5.74) is 0. The van der Waals surface area contributed by atoms with Crippen molar-refractivity contribution in [1.82, 2.24) is 0 Å². The summed E-state index contributed by atoms with van der Waals surface area (Å²) in [7, 11) is 1.29. The molecule has 0 aliphatic carbocycles. The van der Waals surface area contributed by atoms with Crippen LogP contribution in [0.5, 0.6) is 11.5 Å². The molecule has 0 saturated carbocycles. The van der Waals surface area contributed by atoms with Crippen LogP contribution in [-0.4, -0.2) is 31.6 Å². The normalized spacial score (nSPS) is 17.9. The zero-order chi connectivity index (χ0) is 15.2. The Morgan fingerprint density at radius 2 is 2.05 bits per heavy atom. The Kier molecular flexibility index (Phi) is 5.20. The number of hydrogen-bond acceptors (Lipinski definition) is 5. The van der Waals surface area contributed by atoms with Gasteiger partial charge in [0.25, 0.3) is 0 Å². The van der Waals surface area contributed by atoms with Gasteiger partial charge in [0.1, 0.15) is 12.5 Å². The maximum absolute atomic E-state index is 12.5. The van der Waals surface area contributed by atoms with Gasteiger partial charge in [0.05, 0.1) is 7.11 Å². The average Bonchev–Trinajstić information content (AvgIpc) is 2.54. The first-order valence-electron chi connectivity index (χ1n) is 7.17. The van der Waals surface area contributed by atoms with Crippen LogP contribution in [0.1, 0.15) is 26.2 Å². The molecular formula is C16H20O5. The van der Waals surface area contributed by atoms with Gasteiger partial charge < -0.3 is 14.2 Å². The van der Waals surface area contributed by atoms with E-state index in [-0.39, 0.29) is 12.4 Å². The van der Waals surface area contributed by atoms with E-state index in [1.54, 1.807) is 12.1 Å². The van der Waals surface area contributed by atoms with Crippen LogP contribution in [-0.2, 0) is 14.3 Å². The van der Waals surface area contributed by atoms with Crippen LogP contribution < -0.4 is 9.47 Å². The lowest BCUT2D eigenvalue weighted by molar-refractivity contribution is -0.152. The molecule has 0 radical (unpaired) electrons. The Bertz CT molecular complexity index is 511. The van der Waals surface area contributed by atoms with Gasteiger partial charge in [-0.1, -0.05) is 31.9 Å². The van der Waals surface area contributed by atoms with Gasteiger partial charge in [-0.2, -0.15) is 0 Å². The lowest BCUT2D eigenvalue weighted by Gasteiger charge is -2.27. The summed E-state index contributed by atoms with van der Waals surface area (Å²) in [5.74, 6) is -0.416. The molecule has 5 nitrogen and oxygen atoms in total. The lowest BCUT2D eigenvalue weighted by Crippen LogP contribution is -2.42. The second-order valence-electron chi connectivity index (χ2n) is 4.98. The van der Waals surface area contributed by atoms with Crippen LogP contribution >= 0.6 is 0 Å². The van der Waals surface area contributed by atoms with Gasteiger partial charge in [-0.3, -0.25) is 9.59 Å². The van der Waals surface area contributed by atoms with E-state index in [0.717, 1.165) is 12.8 Å². The predicted molar refractivity (Wildman–Crippen MR) is 76.4 cm³/mol. The van der Waals surface area contributed by atoms with Gasteiger partial charge in [0.2, 0.25) is 0 Å². The minimum Gasteiger partial charge on any atom is -0.485 e. The monoisotopic (exact) mass is 292 g/mol. The summed E-state index contributed by atoms with van der Waals surface area (Å²) in [4.78, 5) is 24.3. The van der Waals surface area contributed by atoms with E-state index in [4.69, 9.17) is 14.2 Å². The zero-order valence-corrected chi connectivity index (χ0v) is 12.3. The molecule has 0 fully saturated rings. The predicted octanol–water partition coefficient (Wildman–Crippen LogP) is 2.37. The van der Waals surface area contributed by atoms with Crippen molar-refractivity contribution in [3.8, 4) is 11.5 Å². The van der Waals surface area contributed by atoms with E-state index in [1.165, 1.54) is 7.11 Å². The number of unbranched alkanes of at least 4 members (excludes halogenated alkanes) is 1. The number of ketones is 1. The molecule has 0 N–H and O–H groups in total. The highest BCUT2D eigenvalue weighted by atomic mass is 16.6. The van der Waals surface area contributed by atoms with Crippen LogP contribution in [0.4, 0.5) is 0 Å². The average molecular weight is 292 g/mol. The summed E-state index contributed by atoms with van der Waals surface area (Å²) in [6.07, 6.45) is 1.41. The molecule has 2 rings (SSSR count). The molecule has 1 aliphatic rings. The number of carbonyl (C=O) groups excluding carboxylic acids is 2. The van der Waals surface area contributed by atoms with E-state index >= 15 is 0 Å². The molecule has 1 aliphatic heterocycles. The molecule has 1 aromatic carbocycles. The van der Waals surface area contributed by atoms with Gasteiger partial charge >= 0.3 is 5.97 Å². The smallest absolute Gasteiger partial charge is 0.316 e. The Balaban J connectivity index is 2.09. The molecule has 1 heterocycles. The molecule has 5 heteroatoms. The summed E-state index contributed by atoms with van der Waals surface area (Å²) in [5, 5.41) is 0. The van der Waals surface area contributed by atoms with Gasteiger partial charge in [-0.25, -0.2) is 0 Å². The van der Waals surface area contributed by atoms with E-state index in [9.17, 15) is 9.59 Å². The maximum atomic E-state index is 12.5. The number of fused-ring (bicyclic) bond motifs is 1. The van der Waals surface area contributed by atoms with Crippen molar-refractivity contribution in [2.75, 3.05) is 13.7 Å². The molecule has 0 spiro atoms. The molecular weight excluding hydrogens is 272 g/mol. The summed E-state index contributed by atoms with van der Waals surface area (Å²) >= 11 is 0. The van der Waals surface area contributed by atoms with Gasteiger partial charge in [0, 0.05) is 0 Å². The van der Waals surface area contributed by atoms with Crippen LogP contribution in [0.25, 0.3) is 0 Å². The number of esters is 1. The van der Waals surface area contributed by atoms with Crippen molar-refractivity contribution in [2.24, 2.45) is 5.92 Å². The quantitative estimate of drug-likeness (QED) is 0.595. The van der Waals surface area contributed by atoms with Crippen molar-refractivity contribution < 1.29 is 23.8 Å². The van der Waals surface area contributed by atoms with E-state index < -0.39 is 18.0 Å². The Labute approximate surface area is 124 Å². The van der Waals surface area contributed by atoms with Crippen LogP contribution in [0, 0.1) is 5.92 Å². The SMILES string of the molecule is CCCCC(C(=O)OC)C(=O)C1COc2ccccc2O1. The van der Waals surface area contributed by atoms with Gasteiger partial charge in [-0.15, -0.1) is 0 Å². The summed E-state index contributed by atoms with van der Waals surface area (Å²) < 4.78 is 15.9. The topological polar surface area (TPSA) is 61.8 Å². The third-order valence-corrected chi connectivity index (χ3v) is 3.50. The second-order valence-corrected chi connectivity index (χ2v) is 4.98. The third kappa shape index (κ3) is 3.54. The molecule has 2 atom stereocenters. The van der Waals surface area contributed by atoms with E-state index in [2.05, 4.69) is 0 Å². The largest absolute Gasteiger partial charge is 0.485 e.